The normalized spacial score (nSPS) is 17.6. The monoisotopic (exact) mass is 331 g/mol. The van der Waals surface area contributed by atoms with Crippen LogP contribution in [-0.4, -0.2) is 46.9 Å². The number of aliphatic hydroxyl groups excluding tert-OH is 1. The van der Waals surface area contributed by atoms with Gasteiger partial charge in [-0.25, -0.2) is 4.98 Å². The number of hydrogen-bond donors (Lipinski definition) is 1. The topological polar surface area (TPSA) is 59.8 Å². The second-order valence-corrected chi connectivity index (χ2v) is 6.13. The van der Waals surface area contributed by atoms with Gasteiger partial charge in [-0.2, -0.15) is 0 Å². The van der Waals surface area contributed by atoms with Crippen LogP contribution in [0.15, 0.2) is 24.5 Å². The predicted molar refractivity (Wildman–Crippen MR) is 91.4 cm³/mol. The van der Waals surface area contributed by atoms with Crippen LogP contribution in [0.2, 0.25) is 0 Å². The average Bonchev–Trinajstić information content (AvgIpc) is 2.99. The fourth-order valence-electron chi connectivity index (χ4n) is 3.42. The molecule has 2 heterocycles. The third-order valence-corrected chi connectivity index (χ3v) is 4.66. The molecule has 1 aromatic carbocycles. The predicted octanol–water partition coefficient (Wildman–Crippen LogP) is 2.15. The molecular weight excluding hydrogens is 306 g/mol. The molecule has 0 aliphatic carbocycles. The van der Waals surface area contributed by atoms with E-state index >= 15 is 0 Å². The number of fused-ring (bicyclic) bond motifs is 1. The summed E-state index contributed by atoms with van der Waals surface area (Å²) in [6, 6.07) is 3.76. The summed E-state index contributed by atoms with van der Waals surface area (Å²) in [4.78, 5) is 6.51. The van der Waals surface area contributed by atoms with Gasteiger partial charge in [0, 0.05) is 49.7 Å². The Morgan fingerprint density at radius 1 is 1.21 bits per heavy atom. The Hall–Kier alpha value is -2.05. The first kappa shape index (κ1) is 16.8. The van der Waals surface area contributed by atoms with Gasteiger partial charge in [0.05, 0.1) is 20.3 Å². The van der Waals surface area contributed by atoms with Gasteiger partial charge in [0.15, 0.2) is 0 Å². The molecule has 0 amide bonds. The molecule has 1 aromatic heterocycles. The fourth-order valence-corrected chi connectivity index (χ4v) is 3.42. The molecule has 0 saturated carbocycles. The summed E-state index contributed by atoms with van der Waals surface area (Å²) in [6.07, 6.45) is 4.27. The average molecular weight is 331 g/mol. The summed E-state index contributed by atoms with van der Waals surface area (Å²) in [6.45, 7) is 5.22. The van der Waals surface area contributed by atoms with Crippen molar-refractivity contribution in [2.24, 2.45) is 0 Å². The minimum absolute atomic E-state index is 0.561. The van der Waals surface area contributed by atoms with Crippen LogP contribution in [-0.2, 0) is 13.1 Å². The van der Waals surface area contributed by atoms with E-state index in [0.717, 1.165) is 54.5 Å². The zero-order valence-electron chi connectivity index (χ0n) is 14.5. The van der Waals surface area contributed by atoms with Crippen LogP contribution in [0.4, 0.5) is 0 Å². The maximum atomic E-state index is 10.6. The number of ether oxygens (including phenoxy) is 2. The lowest BCUT2D eigenvalue weighted by molar-refractivity contribution is 0.0870. The van der Waals surface area contributed by atoms with Crippen molar-refractivity contribution in [3.63, 3.8) is 0 Å². The minimum atomic E-state index is -0.561. The van der Waals surface area contributed by atoms with E-state index < -0.39 is 6.10 Å². The fraction of sp³-hybridized carbons (Fsp3) is 0.500. The van der Waals surface area contributed by atoms with Crippen molar-refractivity contribution >= 4 is 0 Å². The molecule has 0 bridgehead atoms. The van der Waals surface area contributed by atoms with Gasteiger partial charge >= 0.3 is 0 Å². The van der Waals surface area contributed by atoms with Crippen molar-refractivity contribution < 1.29 is 14.6 Å². The molecule has 24 heavy (non-hydrogen) atoms. The maximum absolute atomic E-state index is 10.6. The highest BCUT2D eigenvalue weighted by atomic mass is 16.5. The number of aliphatic hydroxyl groups is 1. The molecule has 1 aliphatic rings. The Kier molecular flexibility index (Phi) is 5.06. The summed E-state index contributed by atoms with van der Waals surface area (Å²) in [7, 11) is 3.30. The van der Waals surface area contributed by atoms with Gasteiger partial charge < -0.3 is 19.1 Å². The minimum Gasteiger partial charge on any atom is -0.496 e. The SMILES string of the molecule is COc1ccc(OC)c2c1CN(CCCn1ccnc1C)C[C@@H]2O. The van der Waals surface area contributed by atoms with Gasteiger partial charge in [0.25, 0.3) is 0 Å². The van der Waals surface area contributed by atoms with Gasteiger partial charge in [-0.3, -0.25) is 4.90 Å². The Morgan fingerprint density at radius 2 is 1.96 bits per heavy atom. The van der Waals surface area contributed by atoms with Crippen LogP contribution in [0.25, 0.3) is 0 Å². The molecule has 0 radical (unpaired) electrons. The first-order valence-corrected chi connectivity index (χ1v) is 8.26. The van der Waals surface area contributed by atoms with Crippen molar-refractivity contribution in [3.05, 3.63) is 41.5 Å². The number of β-amino-alcohol motifs (C(OH)–C–C–N with tert-alkyl or cyclic N) is 1. The maximum Gasteiger partial charge on any atom is 0.125 e. The molecule has 1 atom stereocenters. The number of aromatic nitrogens is 2. The Morgan fingerprint density at radius 3 is 2.62 bits per heavy atom. The number of hydrogen-bond acceptors (Lipinski definition) is 5. The molecule has 0 spiro atoms. The number of imidazole rings is 1. The lowest BCUT2D eigenvalue weighted by atomic mass is 9.95. The first-order valence-electron chi connectivity index (χ1n) is 8.26. The van der Waals surface area contributed by atoms with Crippen LogP contribution in [0.5, 0.6) is 11.5 Å². The molecule has 3 rings (SSSR count). The number of aryl methyl sites for hydroxylation is 2. The first-order chi connectivity index (χ1) is 11.6. The Bertz CT molecular complexity index is 699. The van der Waals surface area contributed by atoms with Crippen molar-refractivity contribution in [1.29, 1.82) is 0 Å². The van der Waals surface area contributed by atoms with Gasteiger partial charge in [0.2, 0.25) is 0 Å². The van der Waals surface area contributed by atoms with Crippen LogP contribution in [0.1, 0.15) is 29.5 Å². The molecule has 2 aromatic rings. The summed E-state index contributed by atoms with van der Waals surface area (Å²) < 4.78 is 13.0. The quantitative estimate of drug-likeness (QED) is 0.879. The van der Waals surface area contributed by atoms with E-state index in [0.29, 0.717) is 6.54 Å². The summed E-state index contributed by atoms with van der Waals surface area (Å²) in [5, 5.41) is 10.6. The standard InChI is InChI=1S/C18H25N3O3/c1-13-19-7-10-21(13)9-4-8-20-11-14-16(23-2)5-6-17(24-3)18(14)15(22)12-20/h5-7,10,15,22H,4,8-9,11-12H2,1-3H3/t15-/m0/s1. The molecule has 1 aliphatic heterocycles. The lowest BCUT2D eigenvalue weighted by Crippen LogP contribution is -2.35. The van der Waals surface area contributed by atoms with Crippen LogP contribution in [0, 0.1) is 6.92 Å². The Balaban J connectivity index is 1.70. The zero-order valence-corrected chi connectivity index (χ0v) is 14.5. The summed E-state index contributed by atoms with van der Waals surface area (Å²) in [5.74, 6) is 2.57. The number of rotatable bonds is 6. The van der Waals surface area contributed by atoms with E-state index in [1.165, 1.54) is 0 Å². The second-order valence-electron chi connectivity index (χ2n) is 6.13. The van der Waals surface area contributed by atoms with Crippen molar-refractivity contribution in [2.75, 3.05) is 27.3 Å². The van der Waals surface area contributed by atoms with Gasteiger partial charge in [-0.1, -0.05) is 0 Å². The Labute approximate surface area is 142 Å². The van der Waals surface area contributed by atoms with Crippen molar-refractivity contribution in [2.45, 2.75) is 32.5 Å². The number of nitrogens with zero attached hydrogens (tertiary/aromatic N) is 3. The second kappa shape index (κ2) is 7.23. The lowest BCUT2D eigenvalue weighted by Gasteiger charge is -2.34. The molecule has 6 nitrogen and oxygen atoms in total. The van der Waals surface area contributed by atoms with E-state index in [1.807, 2.05) is 31.5 Å². The smallest absolute Gasteiger partial charge is 0.125 e. The highest BCUT2D eigenvalue weighted by Gasteiger charge is 2.29. The number of benzene rings is 1. The molecule has 0 fully saturated rings. The van der Waals surface area contributed by atoms with E-state index in [1.54, 1.807) is 14.2 Å². The van der Waals surface area contributed by atoms with Crippen LogP contribution < -0.4 is 9.47 Å². The largest absolute Gasteiger partial charge is 0.496 e. The van der Waals surface area contributed by atoms with E-state index in [4.69, 9.17) is 9.47 Å². The van der Waals surface area contributed by atoms with E-state index in [9.17, 15) is 5.11 Å². The summed E-state index contributed by atoms with van der Waals surface area (Å²) >= 11 is 0. The van der Waals surface area contributed by atoms with Gasteiger partial charge in [0.1, 0.15) is 17.3 Å². The third kappa shape index (κ3) is 3.25. The van der Waals surface area contributed by atoms with Crippen molar-refractivity contribution in [3.8, 4) is 11.5 Å². The molecular formula is C18H25N3O3. The molecule has 1 N–H and O–H groups in total. The third-order valence-electron chi connectivity index (χ3n) is 4.66. The van der Waals surface area contributed by atoms with E-state index in [-0.39, 0.29) is 0 Å². The highest BCUT2D eigenvalue weighted by Crippen LogP contribution is 2.39. The molecule has 0 saturated heterocycles. The number of methoxy groups -OCH3 is 2. The van der Waals surface area contributed by atoms with Crippen LogP contribution >= 0.6 is 0 Å². The summed E-state index contributed by atoms with van der Waals surface area (Å²) in [5.41, 5.74) is 1.88. The van der Waals surface area contributed by atoms with Gasteiger partial charge in [-0.15, -0.1) is 0 Å². The molecule has 0 unspecified atom stereocenters. The van der Waals surface area contributed by atoms with E-state index in [2.05, 4.69) is 14.5 Å². The van der Waals surface area contributed by atoms with Crippen LogP contribution in [0.3, 0.4) is 0 Å². The highest BCUT2D eigenvalue weighted by molar-refractivity contribution is 5.51. The zero-order chi connectivity index (χ0) is 17.1. The van der Waals surface area contributed by atoms with Gasteiger partial charge in [-0.05, 0) is 25.5 Å². The van der Waals surface area contributed by atoms with Crippen molar-refractivity contribution in [1.82, 2.24) is 14.5 Å². The molecule has 6 heteroatoms. The molecule has 130 valence electrons.